The van der Waals surface area contributed by atoms with E-state index in [0.717, 1.165) is 33.9 Å². The summed E-state index contributed by atoms with van der Waals surface area (Å²) in [6, 6.07) is 3.95. The minimum Gasteiger partial charge on any atom is -0.496 e. The van der Waals surface area contributed by atoms with Crippen molar-refractivity contribution < 1.29 is 9.47 Å². The summed E-state index contributed by atoms with van der Waals surface area (Å²) in [5, 5.41) is 0. The van der Waals surface area contributed by atoms with Gasteiger partial charge in [0.05, 0.1) is 18.7 Å². The zero-order valence-electron chi connectivity index (χ0n) is 13.0. The summed E-state index contributed by atoms with van der Waals surface area (Å²) in [4.78, 5) is 0. The number of ether oxygens (including phenoxy) is 2. The molecule has 0 saturated heterocycles. The van der Waals surface area contributed by atoms with Gasteiger partial charge in [0.1, 0.15) is 11.5 Å². The number of hydrogen-bond donors (Lipinski definition) is 1. The van der Waals surface area contributed by atoms with Gasteiger partial charge >= 0.3 is 0 Å². The summed E-state index contributed by atoms with van der Waals surface area (Å²) in [6.45, 7) is 0. The second-order valence-electron chi connectivity index (χ2n) is 5.93. The van der Waals surface area contributed by atoms with Gasteiger partial charge in [-0.05, 0) is 40.4 Å². The third-order valence-corrected chi connectivity index (χ3v) is 5.09. The Morgan fingerprint density at radius 1 is 1.10 bits per heavy atom. The molecule has 0 amide bonds. The van der Waals surface area contributed by atoms with E-state index < -0.39 is 0 Å². The standard InChI is InChI=1S/C17H26BrNO2/c1-20-16-11-14(18)17(21-2)10-13(16)15(19)9-12-7-5-3-4-6-8-12/h10-12,15H,3-9,19H2,1-2H3. The predicted molar refractivity (Wildman–Crippen MR) is 90.0 cm³/mol. The number of benzene rings is 1. The highest BCUT2D eigenvalue weighted by Crippen LogP contribution is 2.38. The molecule has 1 aromatic rings. The largest absolute Gasteiger partial charge is 0.496 e. The van der Waals surface area contributed by atoms with E-state index in [1.807, 2.05) is 12.1 Å². The summed E-state index contributed by atoms with van der Waals surface area (Å²) in [5.74, 6) is 2.38. The van der Waals surface area contributed by atoms with Crippen LogP contribution in [-0.2, 0) is 0 Å². The molecule has 0 aromatic heterocycles. The fraction of sp³-hybridized carbons (Fsp3) is 0.647. The molecule has 21 heavy (non-hydrogen) atoms. The number of nitrogens with two attached hydrogens (primary N) is 1. The van der Waals surface area contributed by atoms with Crippen LogP contribution in [0, 0.1) is 5.92 Å². The van der Waals surface area contributed by atoms with E-state index in [2.05, 4.69) is 15.9 Å². The molecule has 1 saturated carbocycles. The highest BCUT2D eigenvalue weighted by atomic mass is 79.9. The third-order valence-electron chi connectivity index (χ3n) is 4.47. The van der Waals surface area contributed by atoms with Gasteiger partial charge in [-0.15, -0.1) is 0 Å². The Hall–Kier alpha value is -0.740. The molecule has 1 atom stereocenters. The van der Waals surface area contributed by atoms with E-state index in [-0.39, 0.29) is 6.04 Å². The smallest absolute Gasteiger partial charge is 0.133 e. The molecule has 0 bridgehead atoms. The van der Waals surface area contributed by atoms with Gasteiger partial charge < -0.3 is 15.2 Å². The molecule has 0 heterocycles. The molecule has 2 N–H and O–H groups in total. The van der Waals surface area contributed by atoms with Crippen LogP contribution in [0.5, 0.6) is 11.5 Å². The topological polar surface area (TPSA) is 44.5 Å². The minimum atomic E-state index is 0.00468. The van der Waals surface area contributed by atoms with Crippen LogP contribution < -0.4 is 15.2 Å². The molecular formula is C17H26BrNO2. The lowest BCUT2D eigenvalue weighted by atomic mass is 9.89. The lowest BCUT2D eigenvalue weighted by Gasteiger charge is -2.22. The predicted octanol–water partition coefficient (Wildman–Crippen LogP) is 4.83. The molecule has 1 aromatic carbocycles. The first kappa shape index (κ1) is 16.6. The van der Waals surface area contributed by atoms with Crippen molar-refractivity contribution in [2.45, 2.75) is 51.0 Å². The van der Waals surface area contributed by atoms with Gasteiger partial charge in [-0.2, -0.15) is 0 Å². The van der Waals surface area contributed by atoms with Gasteiger partial charge in [-0.3, -0.25) is 0 Å². The molecule has 0 radical (unpaired) electrons. The Morgan fingerprint density at radius 3 is 2.29 bits per heavy atom. The number of rotatable bonds is 5. The molecule has 118 valence electrons. The van der Waals surface area contributed by atoms with Crippen LogP contribution in [0.3, 0.4) is 0 Å². The number of hydrogen-bond acceptors (Lipinski definition) is 3. The Morgan fingerprint density at radius 2 is 1.71 bits per heavy atom. The highest BCUT2D eigenvalue weighted by molar-refractivity contribution is 9.10. The van der Waals surface area contributed by atoms with E-state index >= 15 is 0 Å². The Balaban J connectivity index is 2.14. The van der Waals surface area contributed by atoms with Gasteiger partial charge in [0.25, 0.3) is 0 Å². The summed E-state index contributed by atoms with van der Waals surface area (Å²) in [6.07, 6.45) is 9.09. The highest BCUT2D eigenvalue weighted by Gasteiger charge is 2.20. The molecule has 0 spiro atoms. The minimum absolute atomic E-state index is 0.00468. The van der Waals surface area contributed by atoms with Gasteiger partial charge in [0.15, 0.2) is 0 Å². The first-order valence-electron chi connectivity index (χ1n) is 7.82. The van der Waals surface area contributed by atoms with Crippen molar-refractivity contribution in [1.29, 1.82) is 0 Å². The van der Waals surface area contributed by atoms with E-state index in [1.54, 1.807) is 14.2 Å². The normalized spacial score (nSPS) is 18.1. The zero-order valence-corrected chi connectivity index (χ0v) is 14.6. The fourth-order valence-electron chi connectivity index (χ4n) is 3.26. The maximum atomic E-state index is 6.48. The second-order valence-corrected chi connectivity index (χ2v) is 6.78. The van der Waals surface area contributed by atoms with Gasteiger partial charge in [0, 0.05) is 11.6 Å². The van der Waals surface area contributed by atoms with Crippen molar-refractivity contribution in [2.24, 2.45) is 11.7 Å². The van der Waals surface area contributed by atoms with Crippen molar-refractivity contribution in [3.8, 4) is 11.5 Å². The zero-order chi connectivity index (χ0) is 15.2. The lowest BCUT2D eigenvalue weighted by Crippen LogP contribution is -2.16. The number of halogens is 1. The molecule has 1 aliphatic rings. The third kappa shape index (κ3) is 4.36. The molecule has 1 fully saturated rings. The average molecular weight is 356 g/mol. The molecule has 4 heteroatoms. The monoisotopic (exact) mass is 355 g/mol. The van der Waals surface area contributed by atoms with Crippen LogP contribution >= 0.6 is 15.9 Å². The molecule has 1 aliphatic carbocycles. The first-order chi connectivity index (χ1) is 10.2. The summed E-state index contributed by atoms with van der Waals surface area (Å²) in [5.41, 5.74) is 7.52. The van der Waals surface area contributed by atoms with Crippen LogP contribution in [0.25, 0.3) is 0 Å². The molecule has 1 unspecified atom stereocenters. The van der Waals surface area contributed by atoms with Crippen molar-refractivity contribution in [3.63, 3.8) is 0 Å². The first-order valence-corrected chi connectivity index (χ1v) is 8.62. The van der Waals surface area contributed by atoms with Crippen molar-refractivity contribution in [1.82, 2.24) is 0 Å². The summed E-state index contributed by atoms with van der Waals surface area (Å²) >= 11 is 3.49. The van der Waals surface area contributed by atoms with E-state index in [0.29, 0.717) is 0 Å². The molecular weight excluding hydrogens is 330 g/mol. The van der Waals surface area contributed by atoms with Crippen LogP contribution in [0.15, 0.2) is 16.6 Å². The Labute approximate surface area is 136 Å². The van der Waals surface area contributed by atoms with E-state index in [1.165, 1.54) is 38.5 Å². The lowest BCUT2D eigenvalue weighted by molar-refractivity contribution is 0.368. The van der Waals surface area contributed by atoms with Gasteiger partial charge in [-0.1, -0.05) is 38.5 Å². The summed E-state index contributed by atoms with van der Waals surface area (Å²) < 4.78 is 11.8. The molecule has 2 rings (SSSR count). The van der Waals surface area contributed by atoms with Crippen LogP contribution in [0.1, 0.15) is 56.6 Å². The fourth-order valence-corrected chi connectivity index (χ4v) is 3.74. The maximum absolute atomic E-state index is 6.48. The second kappa shape index (κ2) is 8.04. The van der Waals surface area contributed by atoms with Crippen LogP contribution in [0.4, 0.5) is 0 Å². The maximum Gasteiger partial charge on any atom is 0.133 e. The van der Waals surface area contributed by atoms with Crippen LogP contribution in [-0.4, -0.2) is 14.2 Å². The van der Waals surface area contributed by atoms with E-state index in [9.17, 15) is 0 Å². The van der Waals surface area contributed by atoms with Crippen molar-refractivity contribution >= 4 is 15.9 Å². The Bertz CT molecular complexity index is 456. The van der Waals surface area contributed by atoms with Gasteiger partial charge in [0.2, 0.25) is 0 Å². The SMILES string of the molecule is COc1cc(C(N)CC2CCCCCC2)c(OC)cc1Br. The summed E-state index contributed by atoms with van der Waals surface area (Å²) in [7, 11) is 3.36. The molecule has 0 aliphatic heterocycles. The van der Waals surface area contributed by atoms with E-state index in [4.69, 9.17) is 15.2 Å². The Kier molecular flexibility index (Phi) is 6.37. The van der Waals surface area contributed by atoms with Crippen LogP contribution in [0.2, 0.25) is 0 Å². The molecule has 3 nitrogen and oxygen atoms in total. The van der Waals surface area contributed by atoms with Crippen molar-refractivity contribution in [2.75, 3.05) is 14.2 Å². The quantitative estimate of drug-likeness (QED) is 0.769. The van der Waals surface area contributed by atoms with Gasteiger partial charge in [-0.25, -0.2) is 0 Å². The average Bonchev–Trinajstić information content (AvgIpc) is 2.75. The van der Waals surface area contributed by atoms with Crippen molar-refractivity contribution in [3.05, 3.63) is 22.2 Å². The number of methoxy groups -OCH3 is 2.